The van der Waals surface area contributed by atoms with Gasteiger partial charge in [0, 0.05) is 63.0 Å². The van der Waals surface area contributed by atoms with Crippen molar-refractivity contribution in [2.45, 2.75) is 56.5 Å². The molecule has 0 spiro atoms. The SMILES string of the molecule is C=CC(=O)N1CCC(NC2CCc3cc(-n4c(-c5cccnc5N)nc5ccc(N6CCC(F)(F)CC6)nc54)ccc32)CC1. The minimum Gasteiger partial charge on any atom is -0.383 e. The topological polar surface area (TPSA) is 105 Å². The molecule has 3 N–H and O–H groups in total. The van der Waals surface area contributed by atoms with Gasteiger partial charge in [0.2, 0.25) is 5.91 Å². The third-order valence-corrected chi connectivity index (χ3v) is 9.27. The fraction of sp³-hybridized carbons (Fsp3) is 0.394. The lowest BCUT2D eigenvalue weighted by molar-refractivity contribution is -0.127. The van der Waals surface area contributed by atoms with Gasteiger partial charge >= 0.3 is 0 Å². The minimum absolute atomic E-state index is 0.000661. The average Bonchev–Trinajstić information content (AvgIpc) is 3.61. The van der Waals surface area contributed by atoms with Crippen LogP contribution in [-0.4, -0.2) is 68.5 Å². The standard InChI is InChI=1S/C33H36F2N8O/c1-2-29(44)42-16-11-22(12-17-42)38-26-8-5-21-20-23(6-7-24(21)26)43-31(25-4-3-15-37-30(25)36)39-27-9-10-28(40-32(27)43)41-18-13-33(34,35)14-19-41/h2-4,6-7,9-10,15,20,22,26,38H,1,5,8,11-14,16-19H2,(H2,36,37). The Morgan fingerprint density at radius 3 is 2.59 bits per heavy atom. The lowest BCUT2D eigenvalue weighted by Gasteiger charge is -2.33. The Kier molecular flexibility index (Phi) is 7.28. The quantitative estimate of drug-likeness (QED) is 0.299. The van der Waals surface area contributed by atoms with Gasteiger partial charge < -0.3 is 20.9 Å². The van der Waals surface area contributed by atoms with E-state index in [1.165, 1.54) is 17.2 Å². The molecule has 4 aromatic rings. The van der Waals surface area contributed by atoms with Crippen LogP contribution in [0.2, 0.25) is 0 Å². The molecule has 2 aliphatic heterocycles. The maximum atomic E-state index is 13.9. The van der Waals surface area contributed by atoms with Crippen LogP contribution >= 0.6 is 0 Å². The summed E-state index contributed by atoms with van der Waals surface area (Å²) in [6.45, 7) is 5.59. The minimum atomic E-state index is -2.63. The summed E-state index contributed by atoms with van der Waals surface area (Å²) in [7, 11) is 0. The third-order valence-electron chi connectivity index (χ3n) is 9.27. The summed E-state index contributed by atoms with van der Waals surface area (Å²) in [6, 6.07) is 14.6. The molecule has 3 aromatic heterocycles. The number of rotatable bonds is 6. The molecule has 1 amide bonds. The summed E-state index contributed by atoms with van der Waals surface area (Å²) in [5.41, 5.74) is 11.8. The highest BCUT2D eigenvalue weighted by atomic mass is 19.3. The molecular weight excluding hydrogens is 562 g/mol. The van der Waals surface area contributed by atoms with Crippen molar-refractivity contribution < 1.29 is 13.6 Å². The van der Waals surface area contributed by atoms with Crippen LogP contribution in [0.3, 0.4) is 0 Å². The summed E-state index contributed by atoms with van der Waals surface area (Å²) >= 11 is 0. The van der Waals surface area contributed by atoms with Gasteiger partial charge in [-0.1, -0.05) is 12.6 Å². The van der Waals surface area contributed by atoms with E-state index >= 15 is 0 Å². The van der Waals surface area contributed by atoms with Gasteiger partial charge in [-0.15, -0.1) is 0 Å². The van der Waals surface area contributed by atoms with E-state index in [2.05, 4.69) is 35.1 Å². The van der Waals surface area contributed by atoms with Gasteiger partial charge in [0.1, 0.15) is 17.2 Å². The average molecular weight is 599 g/mol. The van der Waals surface area contributed by atoms with E-state index in [0.717, 1.165) is 44.5 Å². The molecule has 0 radical (unpaired) electrons. The molecule has 2 fully saturated rings. The molecule has 1 aromatic carbocycles. The molecule has 9 nitrogen and oxygen atoms in total. The molecule has 1 atom stereocenters. The summed E-state index contributed by atoms with van der Waals surface area (Å²) < 4.78 is 29.8. The fourth-order valence-corrected chi connectivity index (χ4v) is 6.81. The number of fused-ring (bicyclic) bond motifs is 2. The second kappa shape index (κ2) is 11.3. The lowest BCUT2D eigenvalue weighted by Crippen LogP contribution is -2.45. The molecule has 5 heterocycles. The van der Waals surface area contributed by atoms with Crippen molar-refractivity contribution in [2.75, 3.05) is 36.8 Å². The van der Waals surface area contributed by atoms with Crippen molar-refractivity contribution in [3.8, 4) is 17.1 Å². The van der Waals surface area contributed by atoms with Crippen molar-refractivity contribution in [3.05, 3.63) is 72.4 Å². The summed E-state index contributed by atoms with van der Waals surface area (Å²) in [6.07, 6.45) is 6.45. The number of hydrogen-bond donors (Lipinski definition) is 2. The molecular formula is C33H36F2N8O. The van der Waals surface area contributed by atoms with E-state index in [9.17, 15) is 13.6 Å². The number of hydrogen-bond acceptors (Lipinski definition) is 7. The molecule has 1 unspecified atom stereocenters. The highest BCUT2D eigenvalue weighted by Crippen LogP contribution is 2.37. The number of likely N-dealkylation sites (tertiary alicyclic amines) is 1. The number of anilines is 2. The first-order valence-corrected chi connectivity index (χ1v) is 15.3. The zero-order chi connectivity index (χ0) is 30.4. The number of nitrogens with zero attached hydrogens (tertiary/aromatic N) is 6. The van der Waals surface area contributed by atoms with Crippen LogP contribution in [0.1, 0.15) is 49.3 Å². The first kappa shape index (κ1) is 28.4. The Morgan fingerprint density at radius 1 is 1.05 bits per heavy atom. The van der Waals surface area contributed by atoms with Crippen molar-refractivity contribution in [1.82, 2.24) is 29.7 Å². The molecule has 0 saturated carbocycles. The van der Waals surface area contributed by atoms with Gasteiger partial charge in [0.15, 0.2) is 11.5 Å². The van der Waals surface area contributed by atoms with Gasteiger partial charge in [-0.2, -0.15) is 0 Å². The monoisotopic (exact) mass is 598 g/mol. The number of benzene rings is 1. The zero-order valence-electron chi connectivity index (χ0n) is 24.6. The maximum Gasteiger partial charge on any atom is 0.251 e. The molecule has 44 heavy (non-hydrogen) atoms. The molecule has 3 aliphatic rings. The third kappa shape index (κ3) is 5.29. The van der Waals surface area contributed by atoms with Crippen LogP contribution in [0.5, 0.6) is 0 Å². The number of carbonyl (C=O) groups excluding carboxylic acids is 1. The fourth-order valence-electron chi connectivity index (χ4n) is 6.81. The van der Waals surface area contributed by atoms with Crippen LogP contribution in [0.4, 0.5) is 20.4 Å². The Hall–Kier alpha value is -4.38. The number of aryl methyl sites for hydroxylation is 1. The van der Waals surface area contributed by atoms with Crippen LogP contribution in [-0.2, 0) is 11.2 Å². The molecule has 11 heteroatoms. The van der Waals surface area contributed by atoms with Gasteiger partial charge in [0.05, 0.1) is 5.56 Å². The Balaban J connectivity index is 1.21. The number of amides is 1. The van der Waals surface area contributed by atoms with E-state index in [0.29, 0.717) is 40.2 Å². The molecule has 228 valence electrons. The van der Waals surface area contributed by atoms with Crippen LogP contribution < -0.4 is 16.0 Å². The molecule has 0 bridgehead atoms. The first-order chi connectivity index (χ1) is 21.3. The van der Waals surface area contributed by atoms with Crippen LogP contribution in [0.15, 0.2) is 61.3 Å². The van der Waals surface area contributed by atoms with E-state index in [4.69, 9.17) is 15.7 Å². The number of imidazole rings is 1. The van der Waals surface area contributed by atoms with Gasteiger partial charge in [-0.25, -0.2) is 23.7 Å². The first-order valence-electron chi connectivity index (χ1n) is 15.3. The van der Waals surface area contributed by atoms with E-state index in [1.54, 1.807) is 6.20 Å². The number of pyridine rings is 2. The summed E-state index contributed by atoms with van der Waals surface area (Å²) in [5.74, 6) is -0.971. The van der Waals surface area contributed by atoms with E-state index in [1.807, 2.05) is 38.6 Å². The molecule has 1 aliphatic carbocycles. The van der Waals surface area contributed by atoms with E-state index < -0.39 is 5.92 Å². The van der Waals surface area contributed by atoms with Gasteiger partial charge in [-0.05, 0) is 79.3 Å². The zero-order valence-corrected chi connectivity index (χ0v) is 24.6. The smallest absolute Gasteiger partial charge is 0.251 e. The number of nitrogens with two attached hydrogens (primary N) is 1. The van der Waals surface area contributed by atoms with E-state index in [-0.39, 0.29) is 37.9 Å². The van der Waals surface area contributed by atoms with Gasteiger partial charge in [0.25, 0.3) is 5.92 Å². The van der Waals surface area contributed by atoms with Gasteiger partial charge in [-0.3, -0.25) is 9.36 Å². The van der Waals surface area contributed by atoms with Crippen LogP contribution in [0.25, 0.3) is 28.2 Å². The number of alkyl halides is 2. The highest BCUT2D eigenvalue weighted by molar-refractivity contribution is 5.87. The van der Waals surface area contributed by atoms with Crippen molar-refractivity contribution in [1.29, 1.82) is 0 Å². The largest absolute Gasteiger partial charge is 0.383 e. The maximum absolute atomic E-state index is 13.9. The number of carbonyl (C=O) groups is 1. The number of aromatic nitrogens is 4. The summed E-state index contributed by atoms with van der Waals surface area (Å²) in [5, 5.41) is 3.85. The number of halogens is 2. The summed E-state index contributed by atoms with van der Waals surface area (Å²) in [4.78, 5) is 30.0. The molecule has 2 saturated heterocycles. The predicted molar refractivity (Wildman–Crippen MR) is 167 cm³/mol. The lowest BCUT2D eigenvalue weighted by atomic mass is 10.0. The van der Waals surface area contributed by atoms with Crippen molar-refractivity contribution >= 4 is 28.7 Å². The second-order valence-corrected chi connectivity index (χ2v) is 12.0. The Labute approximate surface area is 254 Å². The van der Waals surface area contributed by atoms with Crippen LogP contribution in [0, 0.1) is 0 Å². The van der Waals surface area contributed by atoms with Crippen molar-refractivity contribution in [3.63, 3.8) is 0 Å². The second-order valence-electron chi connectivity index (χ2n) is 12.0. The predicted octanol–water partition coefficient (Wildman–Crippen LogP) is 5.05. The Bertz CT molecular complexity index is 1720. The normalized spacial score (nSPS) is 20.2. The number of nitrogen functional groups attached to an aromatic ring is 1. The Morgan fingerprint density at radius 2 is 1.84 bits per heavy atom. The van der Waals surface area contributed by atoms with Crippen molar-refractivity contribution in [2.24, 2.45) is 0 Å². The number of nitrogens with one attached hydrogen (secondary N) is 1. The highest BCUT2D eigenvalue weighted by Gasteiger charge is 2.35. The number of piperidine rings is 2. The molecule has 7 rings (SSSR count).